The third kappa shape index (κ3) is 2.15. The fourth-order valence-corrected chi connectivity index (χ4v) is 1.37. The van der Waals surface area contributed by atoms with Gasteiger partial charge in [0.05, 0.1) is 0 Å². The van der Waals surface area contributed by atoms with Gasteiger partial charge in [0.15, 0.2) is 0 Å². The van der Waals surface area contributed by atoms with E-state index in [9.17, 15) is 0 Å². The third-order valence-corrected chi connectivity index (χ3v) is 2.35. The molecule has 0 heterocycles. The van der Waals surface area contributed by atoms with Crippen molar-refractivity contribution in [2.75, 3.05) is 11.9 Å². The van der Waals surface area contributed by atoms with Gasteiger partial charge in [-0.05, 0) is 37.0 Å². The Morgan fingerprint density at radius 3 is 2.92 bits per heavy atom. The topological polar surface area (TPSA) is 12.0 Å². The molecule has 0 aliphatic heterocycles. The lowest BCUT2D eigenvalue weighted by molar-refractivity contribution is 0.889. The van der Waals surface area contributed by atoms with Crippen LogP contribution in [0.3, 0.4) is 0 Å². The van der Waals surface area contributed by atoms with Crippen molar-refractivity contribution in [3.8, 4) is 0 Å². The van der Waals surface area contributed by atoms with Crippen molar-refractivity contribution in [3.05, 3.63) is 29.3 Å². The summed E-state index contributed by atoms with van der Waals surface area (Å²) in [5, 5.41) is 4.16. The van der Waals surface area contributed by atoms with E-state index in [2.05, 4.69) is 5.32 Å². The molecule has 0 spiro atoms. The number of halogens is 1. The highest BCUT2D eigenvalue weighted by molar-refractivity contribution is 6.30. The standard InChI is InChI=1S/C10H12ClN/c11-9-2-1-3-10(6-9)12-7-8-4-5-8/h1-3,6,8,12H,4-5,7H2. The van der Waals surface area contributed by atoms with E-state index in [4.69, 9.17) is 11.6 Å². The van der Waals surface area contributed by atoms with Crippen molar-refractivity contribution < 1.29 is 0 Å². The van der Waals surface area contributed by atoms with Crippen LogP contribution in [-0.2, 0) is 0 Å². The first-order valence-corrected chi connectivity index (χ1v) is 4.72. The summed E-state index contributed by atoms with van der Waals surface area (Å²) in [4.78, 5) is 0. The van der Waals surface area contributed by atoms with Crippen LogP contribution in [0, 0.1) is 5.92 Å². The van der Waals surface area contributed by atoms with Crippen LogP contribution in [-0.4, -0.2) is 6.54 Å². The van der Waals surface area contributed by atoms with Gasteiger partial charge in [0.1, 0.15) is 0 Å². The van der Waals surface area contributed by atoms with Gasteiger partial charge in [0.25, 0.3) is 0 Å². The molecule has 1 aliphatic carbocycles. The van der Waals surface area contributed by atoms with Gasteiger partial charge < -0.3 is 5.32 Å². The molecule has 0 radical (unpaired) electrons. The second-order valence-electron chi connectivity index (χ2n) is 3.33. The van der Waals surface area contributed by atoms with Crippen molar-refractivity contribution in [1.82, 2.24) is 0 Å². The molecule has 0 aromatic heterocycles. The number of benzene rings is 1. The maximum absolute atomic E-state index is 5.84. The number of hydrogen-bond acceptors (Lipinski definition) is 1. The predicted octanol–water partition coefficient (Wildman–Crippen LogP) is 3.16. The zero-order chi connectivity index (χ0) is 8.39. The maximum atomic E-state index is 5.84. The molecular weight excluding hydrogens is 170 g/mol. The van der Waals surface area contributed by atoms with E-state index in [0.29, 0.717) is 0 Å². The number of nitrogens with one attached hydrogen (secondary N) is 1. The van der Waals surface area contributed by atoms with Gasteiger partial charge in [-0.1, -0.05) is 17.7 Å². The molecule has 1 aromatic rings. The normalized spacial score (nSPS) is 16.1. The molecule has 0 saturated heterocycles. The molecule has 1 saturated carbocycles. The average molecular weight is 182 g/mol. The molecule has 0 unspecified atom stereocenters. The van der Waals surface area contributed by atoms with E-state index in [1.165, 1.54) is 12.8 Å². The minimum absolute atomic E-state index is 0.802. The maximum Gasteiger partial charge on any atom is 0.0426 e. The van der Waals surface area contributed by atoms with Crippen LogP contribution >= 0.6 is 11.6 Å². The largest absolute Gasteiger partial charge is 0.385 e. The Morgan fingerprint density at radius 1 is 1.42 bits per heavy atom. The highest BCUT2D eigenvalue weighted by Gasteiger charge is 2.20. The molecule has 12 heavy (non-hydrogen) atoms. The van der Waals surface area contributed by atoms with Crippen LogP contribution in [0.4, 0.5) is 5.69 Å². The smallest absolute Gasteiger partial charge is 0.0426 e. The van der Waals surface area contributed by atoms with Gasteiger partial charge in [-0.25, -0.2) is 0 Å². The lowest BCUT2D eigenvalue weighted by Gasteiger charge is -2.04. The molecule has 1 fully saturated rings. The second kappa shape index (κ2) is 3.36. The van der Waals surface area contributed by atoms with Crippen molar-refractivity contribution in [3.63, 3.8) is 0 Å². The summed E-state index contributed by atoms with van der Waals surface area (Å²) in [5.74, 6) is 0.906. The SMILES string of the molecule is Clc1cccc(NCC2CC2)c1. The van der Waals surface area contributed by atoms with Gasteiger partial charge >= 0.3 is 0 Å². The Bertz CT molecular complexity index is 268. The highest BCUT2D eigenvalue weighted by atomic mass is 35.5. The summed E-state index contributed by atoms with van der Waals surface area (Å²) >= 11 is 5.84. The van der Waals surface area contributed by atoms with Crippen LogP contribution in [0.15, 0.2) is 24.3 Å². The first-order chi connectivity index (χ1) is 5.84. The van der Waals surface area contributed by atoms with E-state index in [-0.39, 0.29) is 0 Å². The Labute approximate surface area is 77.7 Å². The fraction of sp³-hybridized carbons (Fsp3) is 0.400. The van der Waals surface area contributed by atoms with Crippen LogP contribution in [0.25, 0.3) is 0 Å². The van der Waals surface area contributed by atoms with Gasteiger partial charge in [0, 0.05) is 17.3 Å². The third-order valence-electron chi connectivity index (χ3n) is 2.12. The monoisotopic (exact) mass is 181 g/mol. The minimum Gasteiger partial charge on any atom is -0.385 e. The van der Waals surface area contributed by atoms with Crippen LogP contribution in [0.2, 0.25) is 5.02 Å². The molecule has 0 amide bonds. The number of hydrogen-bond donors (Lipinski definition) is 1. The van der Waals surface area contributed by atoms with E-state index in [1.807, 2.05) is 24.3 Å². The Balaban J connectivity index is 1.92. The molecule has 0 atom stereocenters. The Kier molecular flexibility index (Phi) is 2.22. The van der Waals surface area contributed by atoms with E-state index < -0.39 is 0 Å². The first kappa shape index (κ1) is 7.93. The molecule has 1 aliphatic rings. The van der Waals surface area contributed by atoms with Gasteiger partial charge in [0.2, 0.25) is 0 Å². The van der Waals surface area contributed by atoms with E-state index >= 15 is 0 Å². The van der Waals surface area contributed by atoms with Gasteiger partial charge in [-0.15, -0.1) is 0 Å². The number of rotatable bonds is 3. The second-order valence-corrected chi connectivity index (χ2v) is 3.77. The quantitative estimate of drug-likeness (QED) is 0.756. The summed E-state index contributed by atoms with van der Waals surface area (Å²) in [6.45, 7) is 1.10. The molecule has 64 valence electrons. The molecule has 0 bridgehead atoms. The van der Waals surface area contributed by atoms with Crippen LogP contribution in [0.1, 0.15) is 12.8 Å². The Morgan fingerprint density at radius 2 is 2.25 bits per heavy atom. The van der Waals surface area contributed by atoms with Crippen molar-refractivity contribution >= 4 is 17.3 Å². The lowest BCUT2D eigenvalue weighted by atomic mass is 10.3. The van der Waals surface area contributed by atoms with Crippen molar-refractivity contribution in [1.29, 1.82) is 0 Å². The summed E-state index contributed by atoms with van der Waals surface area (Å²) in [5.41, 5.74) is 1.13. The zero-order valence-electron chi connectivity index (χ0n) is 6.89. The average Bonchev–Trinajstić information content (AvgIpc) is 2.84. The summed E-state index contributed by atoms with van der Waals surface area (Å²) < 4.78 is 0. The lowest BCUT2D eigenvalue weighted by Crippen LogP contribution is -2.02. The van der Waals surface area contributed by atoms with Crippen LogP contribution in [0.5, 0.6) is 0 Å². The molecule has 1 nitrogen and oxygen atoms in total. The molecular formula is C10H12ClN. The van der Waals surface area contributed by atoms with Gasteiger partial charge in [-0.3, -0.25) is 0 Å². The highest BCUT2D eigenvalue weighted by Crippen LogP contribution is 2.29. The first-order valence-electron chi connectivity index (χ1n) is 4.34. The molecule has 2 rings (SSSR count). The van der Waals surface area contributed by atoms with Gasteiger partial charge in [-0.2, -0.15) is 0 Å². The Hall–Kier alpha value is -0.690. The minimum atomic E-state index is 0.802. The van der Waals surface area contributed by atoms with Crippen LogP contribution < -0.4 is 5.32 Å². The summed E-state index contributed by atoms with van der Waals surface area (Å²) in [7, 11) is 0. The number of anilines is 1. The van der Waals surface area contributed by atoms with E-state index in [0.717, 1.165) is 23.2 Å². The summed E-state index contributed by atoms with van der Waals surface area (Å²) in [6, 6.07) is 7.87. The zero-order valence-corrected chi connectivity index (χ0v) is 7.64. The molecule has 1 aromatic carbocycles. The molecule has 1 N–H and O–H groups in total. The fourth-order valence-electron chi connectivity index (χ4n) is 1.18. The summed E-state index contributed by atoms with van der Waals surface area (Å²) in [6.07, 6.45) is 2.77. The van der Waals surface area contributed by atoms with Crippen molar-refractivity contribution in [2.45, 2.75) is 12.8 Å². The predicted molar refractivity (Wildman–Crippen MR) is 52.7 cm³/mol. The molecule has 2 heteroatoms. The van der Waals surface area contributed by atoms with E-state index in [1.54, 1.807) is 0 Å². The van der Waals surface area contributed by atoms with Crippen molar-refractivity contribution in [2.24, 2.45) is 5.92 Å².